The van der Waals surface area contributed by atoms with Crippen molar-refractivity contribution in [3.63, 3.8) is 0 Å². The quantitative estimate of drug-likeness (QED) is 0.549. The number of nitrogens with zero attached hydrogens (tertiary/aromatic N) is 2. The van der Waals surface area contributed by atoms with Gasteiger partial charge in [0.1, 0.15) is 11.9 Å². The minimum Gasteiger partial charge on any atom is -0.493 e. The maximum Gasteiger partial charge on any atom is 0.249 e. The number of para-hydroxylation sites is 4. The Morgan fingerprint density at radius 2 is 2.00 bits per heavy atom. The molecule has 1 atom stereocenters. The minimum absolute atomic E-state index is 0.0642. The molecule has 3 aromatic rings. The zero-order valence-electron chi connectivity index (χ0n) is 17.2. The molecule has 1 aliphatic rings. The number of ether oxygens (including phenoxy) is 3. The van der Waals surface area contributed by atoms with Crippen LogP contribution < -0.4 is 14.8 Å². The highest BCUT2D eigenvalue weighted by Gasteiger charge is 2.23. The van der Waals surface area contributed by atoms with Crippen LogP contribution in [0.25, 0.3) is 11.0 Å². The van der Waals surface area contributed by atoms with Crippen molar-refractivity contribution in [2.75, 3.05) is 20.3 Å². The first-order valence-electron chi connectivity index (χ1n) is 10.4. The summed E-state index contributed by atoms with van der Waals surface area (Å²) in [6.45, 7) is 2.32. The monoisotopic (exact) mass is 409 g/mol. The molecule has 158 valence electrons. The van der Waals surface area contributed by atoms with Crippen LogP contribution in [-0.2, 0) is 22.6 Å². The number of hydrogen-bond acceptors (Lipinski definition) is 5. The van der Waals surface area contributed by atoms with E-state index in [4.69, 9.17) is 19.2 Å². The van der Waals surface area contributed by atoms with E-state index in [1.807, 2.05) is 42.5 Å². The van der Waals surface area contributed by atoms with E-state index in [0.29, 0.717) is 19.8 Å². The summed E-state index contributed by atoms with van der Waals surface area (Å²) < 4.78 is 18.8. The molecular formula is C23H27N3O4. The molecule has 0 saturated carbocycles. The van der Waals surface area contributed by atoms with Gasteiger partial charge in [-0.05, 0) is 43.5 Å². The number of methoxy groups -OCH3 is 1. The van der Waals surface area contributed by atoms with Gasteiger partial charge in [-0.15, -0.1) is 0 Å². The molecule has 1 amide bonds. The highest BCUT2D eigenvalue weighted by atomic mass is 16.5. The molecule has 1 saturated heterocycles. The summed E-state index contributed by atoms with van der Waals surface area (Å²) in [5.74, 6) is 2.23. The van der Waals surface area contributed by atoms with Gasteiger partial charge >= 0.3 is 0 Å². The standard InChI is InChI=1S/C23H27N3O4/c1-28-19-10-4-5-11-20(19)29-15-7-13-26-18-9-3-2-8-17(18)25-22(26)16-24-23(27)21-12-6-14-30-21/h2-5,8-11,21H,6-7,12-16H2,1H3,(H,24,27). The number of amides is 1. The lowest BCUT2D eigenvalue weighted by molar-refractivity contribution is -0.130. The van der Waals surface area contributed by atoms with Crippen molar-refractivity contribution in [2.45, 2.75) is 38.5 Å². The average Bonchev–Trinajstić information content (AvgIpc) is 3.44. The van der Waals surface area contributed by atoms with Crippen molar-refractivity contribution >= 4 is 16.9 Å². The number of aryl methyl sites for hydroxylation is 1. The number of imidazole rings is 1. The van der Waals surface area contributed by atoms with Crippen molar-refractivity contribution in [3.05, 3.63) is 54.4 Å². The van der Waals surface area contributed by atoms with Crippen LogP contribution in [0.1, 0.15) is 25.1 Å². The van der Waals surface area contributed by atoms with E-state index in [1.54, 1.807) is 7.11 Å². The van der Waals surface area contributed by atoms with E-state index in [0.717, 1.165) is 54.2 Å². The van der Waals surface area contributed by atoms with E-state index >= 15 is 0 Å². The molecule has 0 radical (unpaired) electrons. The van der Waals surface area contributed by atoms with Crippen molar-refractivity contribution in [2.24, 2.45) is 0 Å². The van der Waals surface area contributed by atoms with Crippen LogP contribution in [0.2, 0.25) is 0 Å². The predicted molar refractivity (Wildman–Crippen MR) is 114 cm³/mol. The second kappa shape index (κ2) is 9.63. The van der Waals surface area contributed by atoms with Gasteiger partial charge in [0.05, 0.1) is 31.3 Å². The normalized spacial score (nSPS) is 16.0. The Balaban J connectivity index is 1.40. The summed E-state index contributed by atoms with van der Waals surface area (Å²) in [6, 6.07) is 15.6. The largest absolute Gasteiger partial charge is 0.493 e. The summed E-state index contributed by atoms with van der Waals surface area (Å²) in [5.41, 5.74) is 1.97. The molecule has 0 spiro atoms. The Hall–Kier alpha value is -3.06. The lowest BCUT2D eigenvalue weighted by Gasteiger charge is -2.13. The Labute approximate surface area is 176 Å². The van der Waals surface area contributed by atoms with Gasteiger partial charge in [0.25, 0.3) is 0 Å². The van der Waals surface area contributed by atoms with Crippen LogP contribution in [0.15, 0.2) is 48.5 Å². The second-order valence-electron chi connectivity index (χ2n) is 7.24. The number of carbonyl (C=O) groups is 1. The van der Waals surface area contributed by atoms with Gasteiger partial charge in [0.2, 0.25) is 5.91 Å². The van der Waals surface area contributed by atoms with Gasteiger partial charge in [-0.1, -0.05) is 24.3 Å². The zero-order valence-corrected chi connectivity index (χ0v) is 17.2. The molecule has 7 nitrogen and oxygen atoms in total. The summed E-state index contributed by atoms with van der Waals surface area (Å²) >= 11 is 0. The maximum absolute atomic E-state index is 12.3. The highest BCUT2D eigenvalue weighted by molar-refractivity contribution is 5.81. The molecule has 1 aliphatic heterocycles. The van der Waals surface area contributed by atoms with Gasteiger partial charge < -0.3 is 24.1 Å². The third kappa shape index (κ3) is 4.57. The Kier molecular flexibility index (Phi) is 6.49. The zero-order chi connectivity index (χ0) is 20.8. The van der Waals surface area contributed by atoms with E-state index in [2.05, 4.69) is 16.0 Å². The van der Waals surface area contributed by atoms with E-state index in [-0.39, 0.29) is 12.0 Å². The Bertz CT molecular complexity index is 995. The third-order valence-corrected chi connectivity index (χ3v) is 5.23. The number of fused-ring (bicyclic) bond motifs is 1. The van der Waals surface area contributed by atoms with Crippen molar-refractivity contribution in [1.29, 1.82) is 0 Å². The molecular weight excluding hydrogens is 382 g/mol. The fourth-order valence-corrected chi connectivity index (χ4v) is 3.72. The first kappa shape index (κ1) is 20.2. The number of hydrogen-bond donors (Lipinski definition) is 1. The first-order valence-corrected chi connectivity index (χ1v) is 10.4. The summed E-state index contributed by atoms with van der Waals surface area (Å²) in [6.07, 6.45) is 2.17. The number of rotatable bonds is 9. The molecule has 0 bridgehead atoms. The van der Waals surface area contributed by atoms with Gasteiger partial charge in [-0.3, -0.25) is 4.79 Å². The first-order chi connectivity index (χ1) is 14.8. The van der Waals surface area contributed by atoms with E-state index in [9.17, 15) is 4.79 Å². The molecule has 2 aromatic carbocycles. The molecule has 30 heavy (non-hydrogen) atoms. The van der Waals surface area contributed by atoms with Gasteiger partial charge in [0.15, 0.2) is 11.5 Å². The van der Waals surface area contributed by atoms with Crippen LogP contribution in [-0.4, -0.2) is 41.9 Å². The smallest absolute Gasteiger partial charge is 0.249 e. The molecule has 4 rings (SSSR count). The Morgan fingerprint density at radius 3 is 2.80 bits per heavy atom. The number of nitrogens with one attached hydrogen (secondary N) is 1. The lowest BCUT2D eigenvalue weighted by atomic mass is 10.2. The fourth-order valence-electron chi connectivity index (χ4n) is 3.72. The highest BCUT2D eigenvalue weighted by Crippen LogP contribution is 2.26. The van der Waals surface area contributed by atoms with Crippen molar-refractivity contribution < 1.29 is 19.0 Å². The molecule has 7 heteroatoms. The molecule has 2 heterocycles. The van der Waals surface area contributed by atoms with E-state index < -0.39 is 0 Å². The topological polar surface area (TPSA) is 74.6 Å². The van der Waals surface area contributed by atoms with E-state index in [1.165, 1.54) is 0 Å². The van der Waals surface area contributed by atoms with Crippen LogP contribution in [0, 0.1) is 0 Å². The summed E-state index contributed by atoms with van der Waals surface area (Å²) in [5, 5.41) is 2.98. The minimum atomic E-state index is -0.336. The van der Waals surface area contributed by atoms with Crippen LogP contribution >= 0.6 is 0 Å². The van der Waals surface area contributed by atoms with Crippen LogP contribution in [0.4, 0.5) is 0 Å². The number of carbonyl (C=O) groups excluding carboxylic acids is 1. The number of aromatic nitrogens is 2. The van der Waals surface area contributed by atoms with Crippen LogP contribution in [0.5, 0.6) is 11.5 Å². The molecule has 1 aromatic heterocycles. The molecule has 0 aliphatic carbocycles. The maximum atomic E-state index is 12.3. The Morgan fingerprint density at radius 1 is 1.20 bits per heavy atom. The lowest BCUT2D eigenvalue weighted by Crippen LogP contribution is -2.34. The molecule has 1 N–H and O–H groups in total. The van der Waals surface area contributed by atoms with Gasteiger partial charge in [0, 0.05) is 13.2 Å². The summed E-state index contributed by atoms with van der Waals surface area (Å²) in [4.78, 5) is 17.0. The van der Waals surface area contributed by atoms with Crippen molar-refractivity contribution in [3.8, 4) is 11.5 Å². The third-order valence-electron chi connectivity index (χ3n) is 5.23. The second-order valence-corrected chi connectivity index (χ2v) is 7.24. The van der Waals surface area contributed by atoms with Gasteiger partial charge in [-0.2, -0.15) is 0 Å². The van der Waals surface area contributed by atoms with Crippen LogP contribution in [0.3, 0.4) is 0 Å². The summed E-state index contributed by atoms with van der Waals surface area (Å²) in [7, 11) is 1.64. The molecule has 1 fully saturated rings. The van der Waals surface area contributed by atoms with Crippen molar-refractivity contribution in [1.82, 2.24) is 14.9 Å². The van der Waals surface area contributed by atoms with Gasteiger partial charge in [-0.25, -0.2) is 4.98 Å². The SMILES string of the molecule is COc1ccccc1OCCCn1c(CNC(=O)C2CCCO2)nc2ccccc21. The molecule has 1 unspecified atom stereocenters. The fraction of sp³-hybridized carbons (Fsp3) is 0.391. The predicted octanol–water partition coefficient (Wildman–Crippen LogP) is 3.31. The number of benzene rings is 2. The average molecular weight is 409 g/mol.